The number of carbonyl (C=O) groups is 2. The Morgan fingerprint density at radius 1 is 1.07 bits per heavy atom. The number of hydrogen-bond acceptors (Lipinski definition) is 11. The first-order valence-corrected chi connectivity index (χ1v) is 14.2. The van der Waals surface area contributed by atoms with E-state index in [-0.39, 0.29) is 47.5 Å². The van der Waals surface area contributed by atoms with Gasteiger partial charge in [-0.2, -0.15) is 5.21 Å². The third kappa shape index (κ3) is 5.10. The number of rotatable bonds is 9. The lowest BCUT2D eigenvalue weighted by atomic mass is 10.0. The second kappa shape index (κ2) is 11.3. The zero-order valence-electron chi connectivity index (χ0n) is 23.9. The highest BCUT2D eigenvalue weighted by molar-refractivity contribution is 5.98. The average molecular weight is 622 g/mol. The fraction of sp³-hybridized carbons (Fsp3) is 0.167. The summed E-state index contributed by atoms with van der Waals surface area (Å²) in [5.41, 5.74) is 7.90. The summed E-state index contributed by atoms with van der Waals surface area (Å²) in [6.07, 6.45) is 4.33. The van der Waals surface area contributed by atoms with Crippen LogP contribution in [0, 0.1) is 5.82 Å². The van der Waals surface area contributed by atoms with Crippen LogP contribution < -0.4 is 32.5 Å². The smallest absolute Gasteiger partial charge is 0.270 e. The Hall–Kier alpha value is -6.32. The number of nitrogens with two attached hydrogens (primary N) is 1. The fourth-order valence-electron chi connectivity index (χ4n) is 5.54. The highest BCUT2D eigenvalue weighted by Crippen LogP contribution is 2.33. The Balaban J connectivity index is 1.05. The summed E-state index contributed by atoms with van der Waals surface area (Å²) in [6.45, 7) is -0.0707. The van der Waals surface area contributed by atoms with E-state index in [4.69, 9.17) is 5.73 Å². The van der Waals surface area contributed by atoms with Crippen LogP contribution in [0.25, 0.3) is 17.0 Å². The lowest BCUT2D eigenvalue weighted by Gasteiger charge is -2.16. The number of nitrogens with one attached hydrogen (secondary N) is 4. The van der Waals surface area contributed by atoms with Crippen molar-refractivity contribution in [2.24, 2.45) is 0 Å². The predicted molar refractivity (Wildman–Crippen MR) is 162 cm³/mol. The maximum absolute atomic E-state index is 14.4. The number of H-pyrrole nitrogens is 1. The van der Waals surface area contributed by atoms with Crippen molar-refractivity contribution in [1.82, 2.24) is 45.6 Å². The van der Waals surface area contributed by atoms with Gasteiger partial charge in [0.2, 0.25) is 5.82 Å². The standard InChI is InChI=1S/C30H24FN11O4/c31-19-5-1-14(7-17(19)11-34-25-24(32)26(43)27(25)44)10-35-29(45)21-9-22(42-13-33-12-23(42)36-21)30(46)37-20-6-3-15-8-16(2-4-18(15)20)28-38-40-41-39-28/h1-2,4-5,7-9,12-13,20,34H,3,6,10-11,32H2,(H,35,45)(H,37,46)(H,38,39,40,41)/t20-/m0/s1. The number of hydrogen-bond donors (Lipinski definition) is 5. The van der Waals surface area contributed by atoms with Crippen molar-refractivity contribution in [3.05, 3.63) is 115 Å². The number of anilines is 2. The first-order valence-electron chi connectivity index (χ1n) is 14.2. The third-order valence-corrected chi connectivity index (χ3v) is 7.95. The monoisotopic (exact) mass is 621 g/mol. The topological polar surface area (TPSA) is 215 Å². The number of aryl methyl sites for hydroxylation is 1. The first kappa shape index (κ1) is 28.5. The summed E-state index contributed by atoms with van der Waals surface area (Å²) < 4.78 is 15.9. The zero-order chi connectivity index (χ0) is 31.9. The largest absolute Gasteiger partial charge is 0.394 e. The van der Waals surface area contributed by atoms with Crippen LogP contribution in [0.4, 0.5) is 15.8 Å². The second-order valence-corrected chi connectivity index (χ2v) is 10.8. The van der Waals surface area contributed by atoms with E-state index in [1.165, 1.54) is 41.2 Å². The normalized spacial score (nSPS) is 14.0. The van der Waals surface area contributed by atoms with Crippen LogP contribution in [0.2, 0.25) is 0 Å². The van der Waals surface area contributed by atoms with Gasteiger partial charge in [0.15, 0.2) is 5.65 Å². The minimum absolute atomic E-state index is 0.00527. The number of tetrazole rings is 1. The number of imidazole rings is 1. The van der Waals surface area contributed by atoms with Gasteiger partial charge in [0, 0.05) is 24.2 Å². The minimum atomic E-state index is -0.775. The van der Waals surface area contributed by atoms with E-state index in [9.17, 15) is 23.6 Å². The minimum Gasteiger partial charge on any atom is -0.394 e. The number of nitrogens with zero attached hydrogens (tertiary/aromatic N) is 6. The number of benzene rings is 2. The van der Waals surface area contributed by atoms with Gasteiger partial charge in [-0.25, -0.2) is 14.4 Å². The van der Waals surface area contributed by atoms with Crippen molar-refractivity contribution in [1.29, 1.82) is 0 Å². The summed E-state index contributed by atoms with van der Waals surface area (Å²) in [5, 5.41) is 22.6. The summed E-state index contributed by atoms with van der Waals surface area (Å²) in [6, 6.07) is 11.2. The highest BCUT2D eigenvalue weighted by Gasteiger charge is 2.27. The van der Waals surface area contributed by atoms with Crippen molar-refractivity contribution in [2.45, 2.75) is 32.0 Å². The molecule has 16 heteroatoms. The van der Waals surface area contributed by atoms with Crippen LogP contribution in [0.15, 0.2) is 64.6 Å². The fourth-order valence-corrected chi connectivity index (χ4v) is 5.54. The van der Waals surface area contributed by atoms with Crippen molar-refractivity contribution in [3.8, 4) is 11.4 Å². The zero-order valence-corrected chi connectivity index (χ0v) is 23.9. The van der Waals surface area contributed by atoms with Gasteiger partial charge in [0.25, 0.3) is 22.7 Å². The molecule has 230 valence electrons. The molecule has 1 atom stereocenters. The maximum atomic E-state index is 14.4. The molecule has 0 unspecified atom stereocenters. The first-order chi connectivity index (χ1) is 22.3. The maximum Gasteiger partial charge on any atom is 0.270 e. The summed E-state index contributed by atoms with van der Waals surface area (Å²) in [7, 11) is 0. The lowest BCUT2D eigenvalue weighted by molar-refractivity contribution is 0.0930. The van der Waals surface area contributed by atoms with Crippen LogP contribution in [-0.4, -0.2) is 46.8 Å². The number of amides is 2. The number of aromatic nitrogens is 7. The molecular formula is C30H24FN11O4. The van der Waals surface area contributed by atoms with E-state index < -0.39 is 28.5 Å². The van der Waals surface area contributed by atoms with Gasteiger partial charge in [0.1, 0.15) is 34.9 Å². The molecule has 0 radical (unpaired) electrons. The molecule has 6 aromatic rings. The van der Waals surface area contributed by atoms with Gasteiger partial charge in [0.05, 0.1) is 12.2 Å². The highest BCUT2D eigenvalue weighted by atomic mass is 19.1. The predicted octanol–water partition coefficient (Wildman–Crippen LogP) is 1.19. The molecule has 3 aromatic heterocycles. The quantitative estimate of drug-likeness (QED) is 0.145. The molecule has 0 bridgehead atoms. The summed E-state index contributed by atoms with van der Waals surface area (Å²) in [5.74, 6) is -1.02. The van der Waals surface area contributed by atoms with Gasteiger partial charge in [-0.3, -0.25) is 23.6 Å². The van der Waals surface area contributed by atoms with E-state index in [0.717, 1.165) is 23.1 Å². The molecule has 1 aliphatic rings. The SMILES string of the molecule is Nc1c(NCc2cc(CNC(=O)c3cc(C(=O)N[C@H]4CCc5cc(-c6nn[nH]n6)ccc54)n4cncc4n3)ccc2F)c(=O)c1=O. The van der Waals surface area contributed by atoms with E-state index in [1.54, 1.807) is 0 Å². The number of fused-ring (bicyclic) bond motifs is 2. The second-order valence-electron chi connectivity index (χ2n) is 10.8. The summed E-state index contributed by atoms with van der Waals surface area (Å²) in [4.78, 5) is 58.1. The molecule has 0 saturated heterocycles. The number of carbonyl (C=O) groups excluding carboxylic acids is 2. The molecule has 0 saturated carbocycles. The molecule has 2 amide bonds. The molecule has 15 nitrogen and oxygen atoms in total. The molecule has 0 aliphatic heterocycles. The number of halogens is 1. The Morgan fingerprint density at radius 3 is 2.74 bits per heavy atom. The van der Waals surface area contributed by atoms with Crippen LogP contribution in [0.3, 0.4) is 0 Å². The van der Waals surface area contributed by atoms with E-state index in [1.807, 2.05) is 18.2 Å². The Bertz CT molecular complexity index is 2220. The van der Waals surface area contributed by atoms with E-state index >= 15 is 0 Å². The lowest BCUT2D eigenvalue weighted by Crippen LogP contribution is -2.37. The van der Waals surface area contributed by atoms with Gasteiger partial charge in [-0.05, 0) is 59.0 Å². The molecule has 6 N–H and O–H groups in total. The van der Waals surface area contributed by atoms with Crippen molar-refractivity contribution < 1.29 is 14.0 Å². The molecule has 0 spiro atoms. The van der Waals surface area contributed by atoms with E-state index in [2.05, 4.69) is 46.5 Å². The molecule has 0 fully saturated rings. The van der Waals surface area contributed by atoms with Gasteiger partial charge >= 0.3 is 0 Å². The van der Waals surface area contributed by atoms with Gasteiger partial charge < -0.3 is 21.7 Å². The molecular weight excluding hydrogens is 597 g/mol. The Kier molecular flexibility index (Phi) is 7.00. The molecule has 46 heavy (non-hydrogen) atoms. The van der Waals surface area contributed by atoms with Gasteiger partial charge in [-0.15, -0.1) is 10.2 Å². The molecule has 3 aromatic carbocycles. The van der Waals surface area contributed by atoms with Crippen molar-refractivity contribution in [3.63, 3.8) is 0 Å². The van der Waals surface area contributed by atoms with Crippen LogP contribution in [-0.2, 0) is 19.5 Å². The molecule has 7 rings (SSSR count). The van der Waals surface area contributed by atoms with Crippen molar-refractivity contribution in [2.75, 3.05) is 11.1 Å². The number of aromatic amines is 1. The van der Waals surface area contributed by atoms with Crippen LogP contribution >= 0.6 is 0 Å². The third-order valence-electron chi connectivity index (χ3n) is 7.95. The molecule has 3 heterocycles. The summed E-state index contributed by atoms with van der Waals surface area (Å²) >= 11 is 0. The Labute approximate surface area is 257 Å². The molecule has 1 aliphatic carbocycles. The number of nitrogen functional groups attached to an aromatic ring is 1. The average Bonchev–Trinajstić information content (AvgIpc) is 3.85. The van der Waals surface area contributed by atoms with Gasteiger partial charge in [-0.1, -0.05) is 18.2 Å². The Morgan fingerprint density at radius 2 is 1.93 bits per heavy atom. The van der Waals surface area contributed by atoms with Crippen LogP contribution in [0.5, 0.6) is 0 Å². The van der Waals surface area contributed by atoms with Crippen molar-refractivity contribution >= 4 is 28.8 Å². The van der Waals surface area contributed by atoms with E-state index in [0.29, 0.717) is 23.5 Å². The van der Waals surface area contributed by atoms with Crippen LogP contribution in [0.1, 0.15) is 55.7 Å².